The molecule has 92 valence electrons. The number of allylic oxidation sites excluding steroid dienone is 2. The molecular weight excluding hydrogens is 204 g/mol. The monoisotopic (exact) mass is 228 g/mol. The molecule has 0 aromatic heterocycles. The summed E-state index contributed by atoms with van der Waals surface area (Å²) in [5.74, 6) is 0.875. The summed E-state index contributed by atoms with van der Waals surface area (Å²) in [6.45, 7) is 2.28. The van der Waals surface area contributed by atoms with Gasteiger partial charge in [0.15, 0.2) is 0 Å². The fourth-order valence-corrected chi connectivity index (χ4v) is 2.76. The Kier molecular flexibility index (Phi) is 4.85. The van der Waals surface area contributed by atoms with Gasteiger partial charge in [0.1, 0.15) is 0 Å². The highest BCUT2D eigenvalue weighted by molar-refractivity contribution is 5.24. The predicted molar refractivity (Wildman–Crippen MR) is 75.1 cm³/mol. The largest absolute Gasteiger partial charge is 0.0819 e. The van der Waals surface area contributed by atoms with Crippen molar-refractivity contribution >= 4 is 0 Å². The van der Waals surface area contributed by atoms with Crippen LogP contribution in [-0.4, -0.2) is 0 Å². The predicted octanol–water partition coefficient (Wildman–Crippen LogP) is 5.15. The van der Waals surface area contributed by atoms with Gasteiger partial charge < -0.3 is 0 Å². The van der Waals surface area contributed by atoms with Gasteiger partial charge in [-0.2, -0.15) is 0 Å². The van der Waals surface area contributed by atoms with E-state index in [4.69, 9.17) is 0 Å². The maximum atomic E-state index is 2.56. The lowest BCUT2D eigenvalue weighted by atomic mass is 10.0. The molecule has 0 heterocycles. The second kappa shape index (κ2) is 6.64. The minimum absolute atomic E-state index is 0.875. The molecule has 0 saturated heterocycles. The molecule has 2 rings (SSSR count). The molecule has 0 amide bonds. The Morgan fingerprint density at radius 1 is 1.12 bits per heavy atom. The van der Waals surface area contributed by atoms with Gasteiger partial charge in [0, 0.05) is 0 Å². The third-order valence-corrected chi connectivity index (χ3v) is 3.76. The van der Waals surface area contributed by atoms with Gasteiger partial charge in [-0.1, -0.05) is 68.2 Å². The van der Waals surface area contributed by atoms with Crippen molar-refractivity contribution in [1.82, 2.24) is 0 Å². The van der Waals surface area contributed by atoms with Crippen LogP contribution in [0.5, 0.6) is 0 Å². The molecule has 0 radical (unpaired) electrons. The van der Waals surface area contributed by atoms with Crippen molar-refractivity contribution in [3.05, 3.63) is 47.5 Å². The third-order valence-electron chi connectivity index (χ3n) is 3.76. The van der Waals surface area contributed by atoms with Crippen LogP contribution in [0.15, 0.2) is 42.0 Å². The van der Waals surface area contributed by atoms with Crippen LogP contribution in [0.25, 0.3) is 0 Å². The average molecular weight is 228 g/mol. The first-order valence-electron chi connectivity index (χ1n) is 7.12. The Morgan fingerprint density at radius 3 is 2.71 bits per heavy atom. The van der Waals surface area contributed by atoms with Gasteiger partial charge in [-0.3, -0.25) is 0 Å². The Hall–Kier alpha value is -1.04. The van der Waals surface area contributed by atoms with Crippen molar-refractivity contribution < 1.29 is 0 Å². The van der Waals surface area contributed by atoms with Crippen LogP contribution < -0.4 is 0 Å². The summed E-state index contributed by atoms with van der Waals surface area (Å²) in [5.41, 5.74) is 3.13. The molecule has 0 spiro atoms. The molecule has 0 bridgehead atoms. The molecule has 1 aromatic rings. The van der Waals surface area contributed by atoms with Crippen molar-refractivity contribution in [3.63, 3.8) is 0 Å². The second-order valence-electron chi connectivity index (χ2n) is 5.28. The number of unbranched alkanes of at least 4 members (excludes halogenated alkanes) is 2. The van der Waals surface area contributed by atoms with E-state index in [9.17, 15) is 0 Å². The van der Waals surface area contributed by atoms with E-state index in [0.29, 0.717) is 0 Å². The molecule has 0 saturated carbocycles. The van der Waals surface area contributed by atoms with Crippen molar-refractivity contribution in [2.45, 2.75) is 51.9 Å². The molecule has 1 atom stereocenters. The van der Waals surface area contributed by atoms with E-state index in [1.54, 1.807) is 5.57 Å². The van der Waals surface area contributed by atoms with Crippen molar-refractivity contribution in [1.29, 1.82) is 0 Å². The first-order valence-corrected chi connectivity index (χ1v) is 7.12. The Balaban J connectivity index is 1.81. The fraction of sp³-hybridized carbons (Fsp3) is 0.529. The van der Waals surface area contributed by atoms with E-state index < -0.39 is 0 Å². The molecule has 0 fully saturated rings. The van der Waals surface area contributed by atoms with Crippen LogP contribution >= 0.6 is 0 Å². The highest BCUT2D eigenvalue weighted by Gasteiger charge is 2.15. The fourth-order valence-electron chi connectivity index (χ4n) is 2.76. The Morgan fingerprint density at radius 2 is 1.94 bits per heavy atom. The number of benzene rings is 1. The van der Waals surface area contributed by atoms with Gasteiger partial charge in [-0.05, 0) is 37.2 Å². The summed E-state index contributed by atoms with van der Waals surface area (Å²) in [6, 6.07) is 10.9. The lowest BCUT2D eigenvalue weighted by Crippen LogP contribution is -1.90. The molecule has 1 aliphatic carbocycles. The van der Waals surface area contributed by atoms with Gasteiger partial charge in [-0.15, -0.1) is 0 Å². The molecule has 17 heavy (non-hydrogen) atoms. The standard InChI is InChI=1S/C17H24/c1-2-3-5-8-16-11-12-17(14-16)13-15-9-6-4-7-10-15/h4,6-7,9-10,14,16H,2-3,5,8,11-13H2,1H3. The molecule has 1 unspecified atom stereocenters. The maximum absolute atomic E-state index is 2.56. The zero-order chi connectivity index (χ0) is 11.9. The number of hydrogen-bond acceptors (Lipinski definition) is 0. The van der Waals surface area contributed by atoms with Crippen molar-refractivity contribution in [2.75, 3.05) is 0 Å². The summed E-state index contributed by atoms with van der Waals surface area (Å²) < 4.78 is 0. The highest BCUT2D eigenvalue weighted by atomic mass is 14.2. The van der Waals surface area contributed by atoms with E-state index in [0.717, 1.165) is 5.92 Å². The van der Waals surface area contributed by atoms with Crippen molar-refractivity contribution in [3.8, 4) is 0 Å². The molecule has 1 aromatic carbocycles. The van der Waals surface area contributed by atoms with Crippen LogP contribution in [0.2, 0.25) is 0 Å². The minimum atomic E-state index is 0.875. The first-order chi connectivity index (χ1) is 8.38. The summed E-state index contributed by atoms with van der Waals surface area (Å²) in [4.78, 5) is 0. The van der Waals surface area contributed by atoms with Gasteiger partial charge in [0.2, 0.25) is 0 Å². The minimum Gasteiger partial charge on any atom is -0.0819 e. The van der Waals surface area contributed by atoms with Gasteiger partial charge in [-0.25, -0.2) is 0 Å². The molecule has 1 aliphatic rings. The van der Waals surface area contributed by atoms with Crippen LogP contribution in [0.1, 0.15) is 51.0 Å². The zero-order valence-corrected chi connectivity index (χ0v) is 11.0. The van der Waals surface area contributed by atoms with E-state index >= 15 is 0 Å². The quantitative estimate of drug-likeness (QED) is 0.467. The Labute approximate surface area is 106 Å². The smallest absolute Gasteiger partial charge is 0.00670 e. The Bertz CT molecular complexity index is 348. The lowest BCUT2D eigenvalue weighted by molar-refractivity contribution is 0.531. The lowest BCUT2D eigenvalue weighted by Gasteiger charge is -2.04. The SMILES string of the molecule is CCCCCC1C=C(Cc2ccccc2)CC1. The van der Waals surface area contributed by atoms with Gasteiger partial charge in [0.05, 0.1) is 0 Å². The normalized spacial score (nSPS) is 19.4. The second-order valence-corrected chi connectivity index (χ2v) is 5.28. The van der Waals surface area contributed by atoms with Crippen LogP contribution in [-0.2, 0) is 6.42 Å². The van der Waals surface area contributed by atoms with Crippen LogP contribution in [0, 0.1) is 5.92 Å². The molecule has 0 heteroatoms. The van der Waals surface area contributed by atoms with Gasteiger partial charge in [0.25, 0.3) is 0 Å². The maximum Gasteiger partial charge on any atom is -0.00670 e. The third kappa shape index (κ3) is 4.03. The van der Waals surface area contributed by atoms with E-state index in [1.165, 1.54) is 50.5 Å². The summed E-state index contributed by atoms with van der Waals surface area (Å²) in [7, 11) is 0. The molecule has 0 aliphatic heterocycles. The first kappa shape index (κ1) is 12.4. The molecule has 0 N–H and O–H groups in total. The van der Waals surface area contributed by atoms with E-state index in [-0.39, 0.29) is 0 Å². The van der Waals surface area contributed by atoms with Crippen molar-refractivity contribution in [2.24, 2.45) is 5.92 Å². The molecular formula is C17H24. The summed E-state index contributed by atoms with van der Waals surface area (Å²) in [5, 5.41) is 0. The summed E-state index contributed by atoms with van der Waals surface area (Å²) >= 11 is 0. The van der Waals surface area contributed by atoms with E-state index in [2.05, 4.69) is 43.3 Å². The highest BCUT2D eigenvalue weighted by Crippen LogP contribution is 2.30. The van der Waals surface area contributed by atoms with E-state index in [1.807, 2.05) is 0 Å². The molecule has 0 nitrogen and oxygen atoms in total. The van der Waals surface area contributed by atoms with Gasteiger partial charge >= 0.3 is 0 Å². The topological polar surface area (TPSA) is 0 Å². The summed E-state index contributed by atoms with van der Waals surface area (Å²) in [6.07, 6.45) is 12.0. The number of rotatable bonds is 6. The van der Waals surface area contributed by atoms with Crippen LogP contribution in [0.4, 0.5) is 0 Å². The van der Waals surface area contributed by atoms with Crippen LogP contribution in [0.3, 0.4) is 0 Å². The average Bonchev–Trinajstić information content (AvgIpc) is 2.79. The zero-order valence-electron chi connectivity index (χ0n) is 11.0. The number of hydrogen-bond donors (Lipinski definition) is 0.